The molecule has 0 aromatic heterocycles. The van der Waals surface area contributed by atoms with Crippen molar-refractivity contribution in [3.63, 3.8) is 0 Å². The second-order valence-corrected chi connectivity index (χ2v) is 11.3. The van der Waals surface area contributed by atoms with E-state index in [-0.39, 0.29) is 4.90 Å². The van der Waals surface area contributed by atoms with Crippen LogP contribution in [0.1, 0.15) is 33.9 Å². The van der Waals surface area contributed by atoms with Gasteiger partial charge >= 0.3 is 0 Å². The van der Waals surface area contributed by atoms with Gasteiger partial charge in [-0.25, -0.2) is 8.42 Å². The molecule has 0 aliphatic carbocycles. The average molecular weight is 533 g/mol. The quantitative estimate of drug-likeness (QED) is 0.287. The molecule has 0 heterocycles. The van der Waals surface area contributed by atoms with Gasteiger partial charge in [-0.2, -0.15) is 0 Å². The summed E-state index contributed by atoms with van der Waals surface area (Å²) in [7, 11) is -4.05. The van der Waals surface area contributed by atoms with Crippen LogP contribution in [0.3, 0.4) is 0 Å². The molecule has 1 atom stereocenters. The van der Waals surface area contributed by atoms with E-state index in [1.54, 1.807) is 49.4 Å². The van der Waals surface area contributed by atoms with E-state index in [9.17, 15) is 13.2 Å². The van der Waals surface area contributed by atoms with Crippen molar-refractivity contribution in [2.45, 2.75) is 31.7 Å². The van der Waals surface area contributed by atoms with E-state index in [1.165, 1.54) is 0 Å². The topological polar surface area (TPSA) is 66.5 Å². The molecule has 0 spiro atoms. The van der Waals surface area contributed by atoms with E-state index >= 15 is 0 Å². The molecule has 0 aliphatic heterocycles. The largest absolute Gasteiger partial charge is 0.344 e. The van der Waals surface area contributed by atoms with Gasteiger partial charge in [-0.05, 0) is 73.4 Å². The molecule has 4 rings (SSSR count). The Hall–Kier alpha value is -3.61. The Bertz CT molecular complexity index is 1500. The van der Waals surface area contributed by atoms with Crippen LogP contribution in [-0.4, -0.2) is 20.9 Å². The second kappa shape index (κ2) is 11.2. The number of hydrogen-bond acceptors (Lipinski definition) is 3. The molecule has 4 aromatic carbocycles. The number of carbonyl (C=O) groups excluding carboxylic acids is 1. The fourth-order valence-corrected chi connectivity index (χ4v) is 5.98. The van der Waals surface area contributed by atoms with Crippen LogP contribution in [0.5, 0.6) is 0 Å². The predicted molar refractivity (Wildman–Crippen MR) is 150 cm³/mol. The molecule has 4 aromatic rings. The minimum absolute atomic E-state index is 0.110. The van der Waals surface area contributed by atoms with Crippen LogP contribution >= 0.6 is 11.6 Å². The summed E-state index contributed by atoms with van der Waals surface area (Å²) in [6, 6.07) is 28.6. The highest BCUT2D eigenvalue weighted by Crippen LogP contribution is 2.30. The Morgan fingerprint density at radius 1 is 0.838 bits per heavy atom. The molecule has 0 radical (unpaired) electrons. The smallest absolute Gasteiger partial charge is 0.264 e. The Labute approximate surface area is 223 Å². The molecule has 0 saturated heterocycles. The zero-order valence-electron chi connectivity index (χ0n) is 21.0. The summed E-state index contributed by atoms with van der Waals surface area (Å²) in [5.41, 5.74) is 4.85. The number of carbonyl (C=O) groups is 1. The van der Waals surface area contributed by atoms with Crippen molar-refractivity contribution in [3.8, 4) is 0 Å². The van der Waals surface area contributed by atoms with Crippen LogP contribution < -0.4 is 9.62 Å². The summed E-state index contributed by atoms with van der Waals surface area (Å²) in [6.45, 7) is 5.26. The summed E-state index contributed by atoms with van der Waals surface area (Å²) < 4.78 is 28.8. The van der Waals surface area contributed by atoms with Gasteiger partial charge in [0.2, 0.25) is 5.91 Å². The zero-order valence-corrected chi connectivity index (χ0v) is 22.6. The number of nitrogens with one attached hydrogen (secondary N) is 1. The number of benzene rings is 4. The summed E-state index contributed by atoms with van der Waals surface area (Å²) in [4.78, 5) is 13.7. The van der Waals surface area contributed by atoms with E-state index in [0.717, 1.165) is 26.6 Å². The molecule has 190 valence electrons. The fraction of sp³-hybridized carbons (Fsp3) is 0.167. The number of nitrogens with zero attached hydrogens (tertiary/aromatic N) is 1. The third kappa shape index (κ3) is 6.04. The number of aryl methyl sites for hydroxylation is 3. The number of hydrogen-bond donors (Lipinski definition) is 1. The molecule has 0 aliphatic rings. The van der Waals surface area contributed by atoms with Crippen LogP contribution in [0.25, 0.3) is 0 Å². The van der Waals surface area contributed by atoms with Gasteiger partial charge in [-0.1, -0.05) is 83.9 Å². The van der Waals surface area contributed by atoms with Crippen molar-refractivity contribution in [3.05, 3.63) is 130 Å². The number of rotatable bonds is 8. The van der Waals surface area contributed by atoms with E-state index in [0.29, 0.717) is 16.3 Å². The van der Waals surface area contributed by atoms with Crippen LogP contribution in [0.15, 0.2) is 102 Å². The van der Waals surface area contributed by atoms with Gasteiger partial charge < -0.3 is 5.32 Å². The maximum Gasteiger partial charge on any atom is 0.264 e. The molecule has 1 N–H and O–H groups in total. The maximum atomic E-state index is 13.8. The Kier molecular flexibility index (Phi) is 8.00. The number of sulfonamides is 1. The molecule has 5 nitrogen and oxygen atoms in total. The van der Waals surface area contributed by atoms with Gasteiger partial charge in [-0.3, -0.25) is 9.10 Å². The van der Waals surface area contributed by atoms with Crippen LogP contribution in [0, 0.1) is 20.8 Å². The van der Waals surface area contributed by atoms with Gasteiger partial charge in [0.15, 0.2) is 0 Å². The van der Waals surface area contributed by atoms with Gasteiger partial charge in [0.1, 0.15) is 6.54 Å². The van der Waals surface area contributed by atoms with E-state index in [2.05, 4.69) is 5.32 Å². The van der Waals surface area contributed by atoms with Crippen molar-refractivity contribution in [1.29, 1.82) is 0 Å². The number of amides is 1. The lowest BCUT2D eigenvalue weighted by Gasteiger charge is -2.28. The van der Waals surface area contributed by atoms with Gasteiger partial charge in [0.25, 0.3) is 10.0 Å². The summed E-state index contributed by atoms with van der Waals surface area (Å²) >= 11 is 6.15. The van der Waals surface area contributed by atoms with Gasteiger partial charge in [0.05, 0.1) is 16.6 Å². The monoisotopic (exact) mass is 532 g/mol. The van der Waals surface area contributed by atoms with Crippen molar-refractivity contribution in [1.82, 2.24) is 5.32 Å². The molecule has 0 bridgehead atoms. The molecular formula is C30H29ClN2O3S. The Morgan fingerprint density at radius 3 is 2.14 bits per heavy atom. The normalized spacial score (nSPS) is 12.1. The first-order valence-electron chi connectivity index (χ1n) is 11.9. The van der Waals surface area contributed by atoms with Gasteiger partial charge in [0, 0.05) is 5.02 Å². The highest BCUT2D eigenvalue weighted by Gasteiger charge is 2.29. The first kappa shape index (κ1) is 26.5. The zero-order chi connectivity index (χ0) is 26.6. The van der Waals surface area contributed by atoms with Crippen LogP contribution in [0.4, 0.5) is 5.69 Å². The molecule has 37 heavy (non-hydrogen) atoms. The lowest BCUT2D eigenvalue weighted by atomic mass is 9.95. The lowest BCUT2D eigenvalue weighted by molar-refractivity contribution is -0.120. The fourth-order valence-electron chi connectivity index (χ4n) is 4.27. The molecule has 0 fully saturated rings. The van der Waals surface area contributed by atoms with Crippen LogP contribution in [-0.2, 0) is 14.8 Å². The number of halogens is 1. The van der Waals surface area contributed by atoms with Crippen LogP contribution in [0.2, 0.25) is 5.02 Å². The average Bonchev–Trinajstić information content (AvgIpc) is 2.87. The summed E-state index contributed by atoms with van der Waals surface area (Å²) in [5.74, 6) is -0.429. The van der Waals surface area contributed by atoms with Crippen molar-refractivity contribution in [2.24, 2.45) is 0 Å². The highest BCUT2D eigenvalue weighted by molar-refractivity contribution is 7.92. The first-order valence-corrected chi connectivity index (χ1v) is 13.7. The third-order valence-electron chi connectivity index (χ3n) is 6.26. The van der Waals surface area contributed by atoms with E-state index < -0.39 is 28.5 Å². The summed E-state index contributed by atoms with van der Waals surface area (Å²) in [5, 5.41) is 3.57. The van der Waals surface area contributed by atoms with Crippen molar-refractivity contribution < 1.29 is 13.2 Å². The highest BCUT2D eigenvalue weighted by atomic mass is 35.5. The SMILES string of the molecule is Cc1ccc(S(=O)(=O)N(CC(=O)N[C@H](c2ccccc2)c2ccccc2C)c2ccc(Cl)cc2C)cc1. The number of anilines is 1. The minimum atomic E-state index is -4.05. The third-order valence-corrected chi connectivity index (χ3v) is 8.27. The predicted octanol–water partition coefficient (Wildman–Crippen LogP) is 6.37. The standard InChI is InChI=1S/C30H29ClN2O3S/c1-21-13-16-26(17-14-21)37(35,36)33(28-18-15-25(31)19-23(28)3)20-29(34)32-30(24-10-5-4-6-11-24)27-12-8-7-9-22(27)2/h4-19,30H,20H2,1-3H3,(H,32,34)/t30-/m1/s1. The Morgan fingerprint density at radius 2 is 1.49 bits per heavy atom. The Balaban J connectivity index is 1.73. The molecule has 0 saturated carbocycles. The minimum Gasteiger partial charge on any atom is -0.344 e. The maximum absolute atomic E-state index is 13.8. The first-order chi connectivity index (χ1) is 17.7. The molecule has 7 heteroatoms. The van der Waals surface area contributed by atoms with Crippen molar-refractivity contribution in [2.75, 3.05) is 10.8 Å². The molecule has 1 amide bonds. The van der Waals surface area contributed by atoms with Gasteiger partial charge in [-0.15, -0.1) is 0 Å². The van der Waals surface area contributed by atoms with E-state index in [1.807, 2.05) is 68.4 Å². The van der Waals surface area contributed by atoms with Crippen molar-refractivity contribution >= 4 is 33.2 Å². The lowest BCUT2D eigenvalue weighted by Crippen LogP contribution is -2.42. The van der Waals surface area contributed by atoms with E-state index in [4.69, 9.17) is 11.6 Å². The molecule has 0 unspecified atom stereocenters. The summed E-state index contributed by atoms with van der Waals surface area (Å²) in [6.07, 6.45) is 0. The molecular weight excluding hydrogens is 504 g/mol. The second-order valence-electron chi connectivity index (χ2n) is 9.02.